The fourth-order valence-electron chi connectivity index (χ4n) is 1.21. The van der Waals surface area contributed by atoms with E-state index in [1.165, 1.54) is 23.9 Å². The van der Waals surface area contributed by atoms with Gasteiger partial charge in [-0.05, 0) is 58.7 Å². The molecule has 2 rings (SSSR count). The van der Waals surface area contributed by atoms with Crippen molar-refractivity contribution < 1.29 is 4.39 Å². The van der Waals surface area contributed by atoms with E-state index in [-0.39, 0.29) is 5.82 Å². The van der Waals surface area contributed by atoms with E-state index in [2.05, 4.69) is 20.9 Å². The first-order valence-electron chi connectivity index (χ1n) is 4.71. The van der Waals surface area contributed by atoms with Crippen LogP contribution >= 0.6 is 27.7 Å². The molecule has 0 saturated heterocycles. The minimum Gasteiger partial charge on any atom is -0.248 e. The molecule has 0 spiro atoms. The first-order chi connectivity index (χ1) is 7.65. The molecule has 16 heavy (non-hydrogen) atoms. The minimum atomic E-state index is -0.222. The highest BCUT2D eigenvalue weighted by molar-refractivity contribution is 9.10. The Bertz CT molecular complexity index is 499. The van der Waals surface area contributed by atoms with Crippen LogP contribution in [0.4, 0.5) is 4.39 Å². The van der Waals surface area contributed by atoms with Gasteiger partial charge in [0.15, 0.2) is 0 Å². The largest absolute Gasteiger partial charge is 0.248 e. The van der Waals surface area contributed by atoms with Crippen LogP contribution in [0.5, 0.6) is 0 Å². The molecule has 0 aliphatic rings. The van der Waals surface area contributed by atoms with Crippen molar-refractivity contribution >= 4 is 27.7 Å². The molecule has 82 valence electrons. The number of nitrogens with zero attached hydrogens (tertiary/aromatic N) is 1. The Morgan fingerprint density at radius 1 is 1.25 bits per heavy atom. The zero-order valence-corrected chi connectivity index (χ0v) is 11.0. The topological polar surface area (TPSA) is 12.9 Å². The van der Waals surface area contributed by atoms with Gasteiger partial charge in [-0.25, -0.2) is 9.37 Å². The summed E-state index contributed by atoms with van der Waals surface area (Å²) in [7, 11) is 0. The van der Waals surface area contributed by atoms with Crippen LogP contribution in [-0.4, -0.2) is 4.98 Å². The van der Waals surface area contributed by atoms with Crippen LogP contribution in [0.1, 0.15) is 5.56 Å². The molecular weight excluding hydrogens is 289 g/mol. The molecule has 0 radical (unpaired) electrons. The van der Waals surface area contributed by atoms with E-state index in [4.69, 9.17) is 0 Å². The van der Waals surface area contributed by atoms with Crippen molar-refractivity contribution in [3.63, 3.8) is 0 Å². The Balaban J connectivity index is 2.23. The van der Waals surface area contributed by atoms with Crippen molar-refractivity contribution in [1.29, 1.82) is 0 Å². The quantitative estimate of drug-likeness (QED) is 0.813. The predicted molar refractivity (Wildman–Crippen MR) is 67.2 cm³/mol. The highest BCUT2D eigenvalue weighted by atomic mass is 79.9. The molecule has 0 fully saturated rings. The number of benzene rings is 1. The molecule has 0 bridgehead atoms. The van der Waals surface area contributed by atoms with Gasteiger partial charge < -0.3 is 0 Å². The average molecular weight is 298 g/mol. The first-order valence-corrected chi connectivity index (χ1v) is 6.31. The lowest BCUT2D eigenvalue weighted by Crippen LogP contribution is -1.84. The fraction of sp³-hybridized carbons (Fsp3) is 0.0833. The van der Waals surface area contributed by atoms with E-state index in [1.54, 1.807) is 12.1 Å². The molecule has 0 N–H and O–H groups in total. The molecule has 1 aromatic carbocycles. The van der Waals surface area contributed by atoms with Crippen molar-refractivity contribution in [1.82, 2.24) is 4.98 Å². The summed E-state index contributed by atoms with van der Waals surface area (Å²) in [4.78, 5) is 5.29. The normalized spacial score (nSPS) is 10.4. The van der Waals surface area contributed by atoms with E-state index in [1.807, 2.05) is 19.2 Å². The third kappa shape index (κ3) is 2.83. The van der Waals surface area contributed by atoms with Gasteiger partial charge in [0.2, 0.25) is 0 Å². The molecular formula is C12H9BrFNS. The average Bonchev–Trinajstić information content (AvgIpc) is 2.25. The van der Waals surface area contributed by atoms with Gasteiger partial charge >= 0.3 is 0 Å². The molecule has 0 aliphatic carbocycles. The maximum absolute atomic E-state index is 12.7. The van der Waals surface area contributed by atoms with Gasteiger partial charge in [-0.1, -0.05) is 11.8 Å². The van der Waals surface area contributed by atoms with E-state index in [0.29, 0.717) is 0 Å². The molecule has 0 atom stereocenters. The van der Waals surface area contributed by atoms with Crippen LogP contribution in [0.2, 0.25) is 0 Å². The van der Waals surface area contributed by atoms with E-state index in [0.717, 1.165) is 20.0 Å². The summed E-state index contributed by atoms with van der Waals surface area (Å²) < 4.78 is 13.7. The van der Waals surface area contributed by atoms with Crippen LogP contribution in [0.15, 0.2) is 50.9 Å². The number of rotatable bonds is 2. The number of halogens is 2. The van der Waals surface area contributed by atoms with Gasteiger partial charge in [0, 0.05) is 11.1 Å². The summed E-state index contributed by atoms with van der Waals surface area (Å²) >= 11 is 4.97. The molecule has 1 heterocycles. The number of aromatic nitrogens is 1. The number of pyridine rings is 1. The lowest BCUT2D eigenvalue weighted by Gasteiger charge is -2.04. The monoisotopic (exact) mass is 297 g/mol. The maximum atomic E-state index is 12.7. The zero-order chi connectivity index (χ0) is 11.5. The third-order valence-corrected chi connectivity index (χ3v) is 3.87. The smallest absolute Gasteiger partial charge is 0.123 e. The van der Waals surface area contributed by atoms with Gasteiger partial charge in [0.1, 0.15) is 10.8 Å². The Morgan fingerprint density at radius 2 is 1.94 bits per heavy atom. The van der Waals surface area contributed by atoms with Crippen LogP contribution in [0.25, 0.3) is 0 Å². The van der Waals surface area contributed by atoms with Gasteiger partial charge in [-0.3, -0.25) is 0 Å². The summed E-state index contributed by atoms with van der Waals surface area (Å²) in [5.74, 6) is -0.222. The third-order valence-electron chi connectivity index (χ3n) is 1.97. The van der Waals surface area contributed by atoms with Crippen molar-refractivity contribution in [2.75, 3.05) is 0 Å². The summed E-state index contributed by atoms with van der Waals surface area (Å²) in [6, 6.07) is 8.40. The Morgan fingerprint density at radius 3 is 2.56 bits per heavy atom. The van der Waals surface area contributed by atoms with Crippen LogP contribution in [0, 0.1) is 12.7 Å². The zero-order valence-electron chi connectivity index (χ0n) is 8.58. The van der Waals surface area contributed by atoms with Gasteiger partial charge in [0.25, 0.3) is 0 Å². The Hall–Kier alpha value is -0.870. The van der Waals surface area contributed by atoms with Crippen LogP contribution in [-0.2, 0) is 0 Å². The first kappa shape index (κ1) is 11.6. The molecule has 0 unspecified atom stereocenters. The van der Waals surface area contributed by atoms with E-state index in [9.17, 15) is 4.39 Å². The van der Waals surface area contributed by atoms with Crippen molar-refractivity contribution in [2.24, 2.45) is 0 Å². The Kier molecular flexibility index (Phi) is 3.61. The standard InChI is InChI=1S/C12H9BrFNS/c1-8-6-11(13)12(15-7-8)16-10-4-2-9(14)3-5-10/h2-7H,1H3. The lowest BCUT2D eigenvalue weighted by atomic mass is 10.3. The summed E-state index contributed by atoms with van der Waals surface area (Å²) in [6.07, 6.45) is 1.82. The van der Waals surface area contributed by atoms with Gasteiger partial charge in [-0.15, -0.1) is 0 Å². The SMILES string of the molecule is Cc1cnc(Sc2ccc(F)cc2)c(Br)c1. The fourth-order valence-corrected chi connectivity index (χ4v) is 2.67. The molecule has 0 saturated carbocycles. The van der Waals surface area contributed by atoms with Gasteiger partial charge in [-0.2, -0.15) is 0 Å². The summed E-state index contributed by atoms with van der Waals surface area (Å²) in [5, 5.41) is 0.886. The van der Waals surface area contributed by atoms with Crippen molar-refractivity contribution in [3.05, 3.63) is 52.4 Å². The minimum absolute atomic E-state index is 0.222. The summed E-state index contributed by atoms with van der Waals surface area (Å²) in [6.45, 7) is 1.99. The summed E-state index contributed by atoms with van der Waals surface area (Å²) in [5.41, 5.74) is 1.11. The van der Waals surface area contributed by atoms with Crippen LogP contribution < -0.4 is 0 Å². The maximum Gasteiger partial charge on any atom is 0.123 e. The molecule has 4 heteroatoms. The molecule has 2 aromatic rings. The number of aryl methyl sites for hydroxylation is 1. The molecule has 1 nitrogen and oxygen atoms in total. The van der Waals surface area contributed by atoms with E-state index < -0.39 is 0 Å². The predicted octanol–water partition coefficient (Wildman–Crippen LogP) is 4.44. The number of hydrogen-bond acceptors (Lipinski definition) is 2. The second-order valence-corrected chi connectivity index (χ2v) is 5.27. The second kappa shape index (κ2) is 4.97. The van der Waals surface area contributed by atoms with Crippen molar-refractivity contribution in [3.8, 4) is 0 Å². The van der Waals surface area contributed by atoms with E-state index >= 15 is 0 Å². The molecule has 0 aliphatic heterocycles. The Labute approximate surface area is 106 Å². The van der Waals surface area contributed by atoms with Crippen molar-refractivity contribution in [2.45, 2.75) is 16.8 Å². The van der Waals surface area contributed by atoms with Crippen LogP contribution in [0.3, 0.4) is 0 Å². The van der Waals surface area contributed by atoms with Gasteiger partial charge in [0.05, 0.1) is 4.47 Å². The number of hydrogen-bond donors (Lipinski definition) is 0. The molecule has 1 aromatic heterocycles. The second-order valence-electron chi connectivity index (χ2n) is 3.36. The lowest BCUT2D eigenvalue weighted by molar-refractivity contribution is 0.626. The highest BCUT2D eigenvalue weighted by Crippen LogP contribution is 2.31. The molecule has 0 amide bonds. The highest BCUT2D eigenvalue weighted by Gasteiger charge is 2.04.